The van der Waals surface area contributed by atoms with Crippen LogP contribution in [0.2, 0.25) is 0 Å². The van der Waals surface area contributed by atoms with E-state index in [1.807, 2.05) is 18.2 Å². The van der Waals surface area contributed by atoms with Crippen LogP contribution in [0.3, 0.4) is 0 Å². The van der Waals surface area contributed by atoms with E-state index in [0.29, 0.717) is 23.5 Å². The van der Waals surface area contributed by atoms with Gasteiger partial charge in [-0.15, -0.1) is 0 Å². The minimum atomic E-state index is -0.307. The van der Waals surface area contributed by atoms with Crippen molar-refractivity contribution < 1.29 is 14.0 Å². The Morgan fingerprint density at radius 2 is 1.62 bits per heavy atom. The SMILES string of the molecule is CN(CC(=O)Nc1ccccc1C(=O)Nc1ccccc1)Cc1cccc(F)c1. The first-order valence-electron chi connectivity index (χ1n) is 9.19. The van der Waals surface area contributed by atoms with Gasteiger partial charge in [-0.2, -0.15) is 0 Å². The number of amides is 2. The molecule has 3 aromatic rings. The van der Waals surface area contributed by atoms with E-state index in [2.05, 4.69) is 10.6 Å². The van der Waals surface area contributed by atoms with E-state index in [0.717, 1.165) is 5.56 Å². The summed E-state index contributed by atoms with van der Waals surface area (Å²) in [5, 5.41) is 5.60. The molecule has 6 heteroatoms. The van der Waals surface area contributed by atoms with Crippen LogP contribution in [0, 0.1) is 5.82 Å². The smallest absolute Gasteiger partial charge is 0.257 e. The number of hydrogen-bond acceptors (Lipinski definition) is 3. The van der Waals surface area contributed by atoms with Crippen LogP contribution in [-0.2, 0) is 11.3 Å². The van der Waals surface area contributed by atoms with Gasteiger partial charge < -0.3 is 10.6 Å². The summed E-state index contributed by atoms with van der Waals surface area (Å²) >= 11 is 0. The summed E-state index contributed by atoms with van der Waals surface area (Å²) in [4.78, 5) is 26.8. The van der Waals surface area contributed by atoms with Crippen LogP contribution in [0.15, 0.2) is 78.9 Å². The Morgan fingerprint density at radius 3 is 2.38 bits per heavy atom. The van der Waals surface area contributed by atoms with Gasteiger partial charge in [0.2, 0.25) is 5.91 Å². The molecular weight excluding hydrogens is 369 g/mol. The second kappa shape index (κ2) is 9.61. The molecule has 0 fully saturated rings. The van der Waals surface area contributed by atoms with Gasteiger partial charge in [-0.1, -0.05) is 42.5 Å². The summed E-state index contributed by atoms with van der Waals surface area (Å²) in [7, 11) is 1.78. The van der Waals surface area contributed by atoms with Gasteiger partial charge in [-0.05, 0) is 49.0 Å². The molecule has 3 aromatic carbocycles. The molecule has 0 aliphatic carbocycles. The van der Waals surface area contributed by atoms with Gasteiger partial charge in [-0.3, -0.25) is 14.5 Å². The molecule has 0 spiro atoms. The predicted molar refractivity (Wildman–Crippen MR) is 112 cm³/mol. The lowest BCUT2D eigenvalue weighted by Gasteiger charge is -2.17. The Kier molecular flexibility index (Phi) is 6.71. The fourth-order valence-corrected chi connectivity index (χ4v) is 2.95. The van der Waals surface area contributed by atoms with Crippen molar-refractivity contribution in [2.75, 3.05) is 24.2 Å². The summed E-state index contributed by atoms with van der Waals surface area (Å²) in [5.41, 5.74) is 2.26. The van der Waals surface area contributed by atoms with Crippen LogP contribution < -0.4 is 10.6 Å². The number of nitrogens with zero attached hydrogens (tertiary/aromatic N) is 1. The molecule has 0 radical (unpaired) electrons. The number of halogens is 1. The fourth-order valence-electron chi connectivity index (χ4n) is 2.95. The molecule has 2 amide bonds. The van der Waals surface area contributed by atoms with Crippen LogP contribution in [0.4, 0.5) is 15.8 Å². The Balaban J connectivity index is 1.62. The minimum Gasteiger partial charge on any atom is -0.324 e. The first-order chi connectivity index (χ1) is 14.0. The molecular formula is C23H22FN3O2. The average Bonchev–Trinajstić information content (AvgIpc) is 2.69. The number of benzene rings is 3. The third-order valence-corrected chi connectivity index (χ3v) is 4.23. The minimum absolute atomic E-state index is 0.102. The van der Waals surface area contributed by atoms with Crippen molar-refractivity contribution in [3.63, 3.8) is 0 Å². The van der Waals surface area contributed by atoms with Gasteiger partial charge in [0.25, 0.3) is 5.91 Å². The maximum Gasteiger partial charge on any atom is 0.257 e. The summed E-state index contributed by atoms with van der Waals surface area (Å²) < 4.78 is 13.3. The molecule has 0 saturated heterocycles. The predicted octanol–water partition coefficient (Wildman–Crippen LogP) is 4.15. The van der Waals surface area contributed by atoms with Crippen molar-refractivity contribution in [1.29, 1.82) is 0 Å². The summed E-state index contributed by atoms with van der Waals surface area (Å²) in [6.45, 7) is 0.534. The van der Waals surface area contributed by atoms with E-state index in [-0.39, 0.29) is 24.2 Å². The number of likely N-dealkylation sites (N-methyl/N-ethyl adjacent to an activating group) is 1. The summed E-state index contributed by atoms with van der Waals surface area (Å²) in [5.74, 6) is -0.872. The van der Waals surface area contributed by atoms with Gasteiger partial charge in [-0.25, -0.2) is 4.39 Å². The maximum absolute atomic E-state index is 13.3. The van der Waals surface area contributed by atoms with Crippen LogP contribution in [0.25, 0.3) is 0 Å². The first-order valence-corrected chi connectivity index (χ1v) is 9.19. The number of anilines is 2. The number of carbonyl (C=O) groups is 2. The topological polar surface area (TPSA) is 61.4 Å². The van der Waals surface area contributed by atoms with E-state index in [9.17, 15) is 14.0 Å². The first kappa shape index (κ1) is 20.2. The zero-order chi connectivity index (χ0) is 20.6. The molecule has 0 aliphatic heterocycles. The monoisotopic (exact) mass is 391 g/mol. The lowest BCUT2D eigenvalue weighted by molar-refractivity contribution is -0.117. The second-order valence-corrected chi connectivity index (χ2v) is 6.72. The Bertz CT molecular complexity index is 992. The van der Waals surface area contributed by atoms with Crippen molar-refractivity contribution in [3.05, 3.63) is 95.8 Å². The van der Waals surface area contributed by atoms with Crippen molar-refractivity contribution >= 4 is 23.2 Å². The van der Waals surface area contributed by atoms with E-state index in [1.54, 1.807) is 60.5 Å². The third kappa shape index (κ3) is 5.99. The molecule has 0 heterocycles. The van der Waals surface area contributed by atoms with E-state index >= 15 is 0 Å². The average molecular weight is 391 g/mol. The Morgan fingerprint density at radius 1 is 0.897 bits per heavy atom. The Hall–Kier alpha value is -3.51. The molecule has 0 aromatic heterocycles. The number of rotatable bonds is 7. The van der Waals surface area contributed by atoms with Crippen LogP contribution in [-0.4, -0.2) is 30.3 Å². The Labute approximate surface area is 169 Å². The normalized spacial score (nSPS) is 10.6. The van der Waals surface area contributed by atoms with Crippen molar-refractivity contribution in [2.45, 2.75) is 6.54 Å². The highest BCUT2D eigenvalue weighted by Crippen LogP contribution is 2.17. The molecule has 0 bridgehead atoms. The van der Waals surface area contributed by atoms with Crippen LogP contribution >= 0.6 is 0 Å². The third-order valence-electron chi connectivity index (χ3n) is 4.23. The lowest BCUT2D eigenvalue weighted by Crippen LogP contribution is -2.30. The number of carbonyl (C=O) groups excluding carboxylic acids is 2. The van der Waals surface area contributed by atoms with Gasteiger partial charge in [0, 0.05) is 12.2 Å². The number of hydrogen-bond donors (Lipinski definition) is 2. The van der Waals surface area contributed by atoms with Crippen LogP contribution in [0.1, 0.15) is 15.9 Å². The molecule has 3 rings (SSSR count). The van der Waals surface area contributed by atoms with E-state index in [4.69, 9.17) is 0 Å². The molecule has 0 aliphatic rings. The van der Waals surface area contributed by atoms with E-state index in [1.165, 1.54) is 12.1 Å². The molecule has 2 N–H and O–H groups in total. The molecule has 0 saturated carbocycles. The molecule has 148 valence electrons. The van der Waals surface area contributed by atoms with E-state index < -0.39 is 0 Å². The fraction of sp³-hybridized carbons (Fsp3) is 0.130. The van der Waals surface area contributed by atoms with Gasteiger partial charge in [0.1, 0.15) is 5.82 Å². The molecule has 29 heavy (non-hydrogen) atoms. The summed E-state index contributed by atoms with van der Waals surface area (Å²) in [6.07, 6.45) is 0. The highest BCUT2D eigenvalue weighted by Gasteiger charge is 2.14. The zero-order valence-corrected chi connectivity index (χ0v) is 16.1. The standard InChI is InChI=1S/C23H22FN3O2/c1-27(15-17-8-7-9-18(24)14-17)16-22(28)26-21-13-6-5-12-20(21)23(29)25-19-10-3-2-4-11-19/h2-14H,15-16H2,1H3,(H,25,29)(H,26,28). The van der Waals surface area contributed by atoms with Gasteiger partial charge >= 0.3 is 0 Å². The highest BCUT2D eigenvalue weighted by molar-refractivity contribution is 6.10. The molecule has 0 atom stereocenters. The molecule has 0 unspecified atom stereocenters. The van der Waals surface area contributed by atoms with Crippen molar-refractivity contribution in [3.8, 4) is 0 Å². The molecule has 5 nitrogen and oxygen atoms in total. The summed E-state index contributed by atoms with van der Waals surface area (Å²) in [6, 6.07) is 22.2. The van der Waals surface area contributed by atoms with Gasteiger partial charge in [0.05, 0.1) is 17.8 Å². The number of nitrogens with one attached hydrogen (secondary N) is 2. The largest absolute Gasteiger partial charge is 0.324 e. The maximum atomic E-state index is 13.3. The van der Waals surface area contributed by atoms with Crippen LogP contribution in [0.5, 0.6) is 0 Å². The quantitative estimate of drug-likeness (QED) is 0.636. The zero-order valence-electron chi connectivity index (χ0n) is 16.1. The van der Waals surface area contributed by atoms with Crippen molar-refractivity contribution in [1.82, 2.24) is 4.90 Å². The highest BCUT2D eigenvalue weighted by atomic mass is 19.1. The van der Waals surface area contributed by atoms with Gasteiger partial charge in [0.15, 0.2) is 0 Å². The second-order valence-electron chi connectivity index (χ2n) is 6.72. The lowest BCUT2D eigenvalue weighted by atomic mass is 10.1. The van der Waals surface area contributed by atoms with Crippen molar-refractivity contribution in [2.24, 2.45) is 0 Å². The number of para-hydroxylation sites is 2.